The third-order valence-corrected chi connectivity index (χ3v) is 6.29. The maximum atomic E-state index is 12.6. The minimum atomic E-state index is -4.60. The van der Waals surface area contributed by atoms with Crippen molar-refractivity contribution in [3.8, 4) is 0 Å². The third-order valence-electron chi connectivity index (χ3n) is 4.48. The molecule has 31 heavy (non-hydrogen) atoms. The number of alkyl halides is 3. The molecule has 0 N–H and O–H groups in total. The molecule has 0 atom stereocenters. The van der Waals surface area contributed by atoms with Gasteiger partial charge in [-0.3, -0.25) is 9.48 Å². The summed E-state index contributed by atoms with van der Waals surface area (Å²) in [4.78, 5) is 16.5. The first-order valence-corrected chi connectivity index (χ1v) is 10.6. The fourth-order valence-electron chi connectivity index (χ4n) is 2.92. The van der Waals surface area contributed by atoms with Gasteiger partial charge in [0.05, 0.1) is 15.9 Å². The van der Waals surface area contributed by atoms with E-state index in [1.165, 1.54) is 26.2 Å². The lowest BCUT2D eigenvalue weighted by molar-refractivity contribution is -0.147. The van der Waals surface area contributed by atoms with E-state index in [2.05, 4.69) is 10.1 Å². The molecule has 0 amide bonds. The van der Waals surface area contributed by atoms with E-state index in [0.29, 0.717) is 23.4 Å². The number of carbonyl (C=O) groups is 1. The maximum Gasteiger partial charge on any atom is 0.435 e. The number of imidazole rings is 1. The number of hydrogen-bond donors (Lipinski definition) is 0. The summed E-state index contributed by atoms with van der Waals surface area (Å²) in [6, 6.07) is 5.29. The Morgan fingerprint density at radius 1 is 1.23 bits per heavy atom. The zero-order valence-electron chi connectivity index (χ0n) is 16.9. The number of carbonyl (C=O) groups excluding carboxylic acids is 1. The lowest BCUT2D eigenvalue weighted by Gasteiger charge is -2.11. The third kappa shape index (κ3) is 4.71. The van der Waals surface area contributed by atoms with Crippen LogP contribution in [-0.2, 0) is 45.4 Å². The molecule has 13 heteroatoms. The standard InChI is InChI=1S/C18H20F3N5O4S/c1-4-26-14-6-5-12(31(28,29)24(2)3)9-13(14)22-16(26)11-30-17(27)10-25-8-7-15(23-25)18(19,20)21/h5-9H,4,10-11H2,1-3H3. The molecule has 0 aliphatic rings. The number of fused-ring (bicyclic) bond motifs is 1. The minimum Gasteiger partial charge on any atom is -0.456 e. The van der Waals surface area contributed by atoms with E-state index in [-0.39, 0.29) is 11.5 Å². The highest BCUT2D eigenvalue weighted by Crippen LogP contribution is 2.27. The van der Waals surface area contributed by atoms with Gasteiger partial charge >= 0.3 is 12.1 Å². The van der Waals surface area contributed by atoms with Gasteiger partial charge in [0, 0.05) is 26.8 Å². The molecule has 2 heterocycles. The number of ether oxygens (including phenoxy) is 1. The number of aryl methyl sites for hydroxylation is 1. The predicted molar refractivity (Wildman–Crippen MR) is 103 cm³/mol. The summed E-state index contributed by atoms with van der Waals surface area (Å²) in [7, 11) is -0.793. The second-order valence-electron chi connectivity index (χ2n) is 6.77. The van der Waals surface area contributed by atoms with Crippen LogP contribution in [0.5, 0.6) is 0 Å². The van der Waals surface area contributed by atoms with Gasteiger partial charge in [0.15, 0.2) is 5.69 Å². The van der Waals surface area contributed by atoms with E-state index >= 15 is 0 Å². The summed E-state index contributed by atoms with van der Waals surface area (Å²) >= 11 is 0. The van der Waals surface area contributed by atoms with Crippen LogP contribution in [0, 0.1) is 0 Å². The molecule has 3 aromatic rings. The molecule has 3 rings (SSSR count). The molecule has 0 saturated carbocycles. The smallest absolute Gasteiger partial charge is 0.435 e. The summed E-state index contributed by atoms with van der Waals surface area (Å²) in [6.07, 6.45) is -3.56. The van der Waals surface area contributed by atoms with Gasteiger partial charge in [-0.05, 0) is 31.2 Å². The molecule has 0 saturated heterocycles. The largest absolute Gasteiger partial charge is 0.456 e. The van der Waals surface area contributed by atoms with Crippen molar-refractivity contribution in [2.75, 3.05) is 14.1 Å². The highest BCUT2D eigenvalue weighted by atomic mass is 32.2. The Labute approximate surface area is 176 Å². The van der Waals surface area contributed by atoms with Crippen LogP contribution < -0.4 is 0 Å². The van der Waals surface area contributed by atoms with Crippen LogP contribution in [0.25, 0.3) is 11.0 Å². The Morgan fingerprint density at radius 3 is 2.52 bits per heavy atom. The van der Waals surface area contributed by atoms with Crippen molar-refractivity contribution in [3.05, 3.63) is 42.0 Å². The van der Waals surface area contributed by atoms with Gasteiger partial charge in [0.25, 0.3) is 0 Å². The second kappa shape index (κ2) is 8.30. The highest BCUT2D eigenvalue weighted by molar-refractivity contribution is 7.89. The quantitative estimate of drug-likeness (QED) is 0.503. The number of nitrogens with zero attached hydrogens (tertiary/aromatic N) is 5. The van der Waals surface area contributed by atoms with Crippen molar-refractivity contribution in [1.29, 1.82) is 0 Å². The number of rotatable bonds is 7. The molecule has 1 aromatic carbocycles. The van der Waals surface area contributed by atoms with Crippen molar-refractivity contribution < 1.29 is 31.1 Å². The summed E-state index contributed by atoms with van der Waals surface area (Å²) in [5.41, 5.74) is -0.0255. The van der Waals surface area contributed by atoms with Crippen LogP contribution >= 0.6 is 0 Å². The number of halogens is 3. The first kappa shape index (κ1) is 22.7. The number of aromatic nitrogens is 4. The van der Waals surface area contributed by atoms with Crippen LogP contribution in [0.4, 0.5) is 13.2 Å². The van der Waals surface area contributed by atoms with Gasteiger partial charge in [-0.15, -0.1) is 0 Å². The van der Waals surface area contributed by atoms with E-state index < -0.39 is 34.4 Å². The normalized spacial score (nSPS) is 12.6. The highest BCUT2D eigenvalue weighted by Gasteiger charge is 2.33. The van der Waals surface area contributed by atoms with Gasteiger partial charge in [0.2, 0.25) is 10.0 Å². The van der Waals surface area contributed by atoms with Crippen LogP contribution in [0.1, 0.15) is 18.4 Å². The molecule has 9 nitrogen and oxygen atoms in total. The van der Waals surface area contributed by atoms with Gasteiger partial charge in [-0.25, -0.2) is 17.7 Å². The Hall–Kier alpha value is -2.93. The maximum absolute atomic E-state index is 12.6. The average molecular weight is 459 g/mol. The van der Waals surface area contributed by atoms with Crippen LogP contribution in [0.2, 0.25) is 0 Å². The fraction of sp³-hybridized carbons (Fsp3) is 0.389. The lowest BCUT2D eigenvalue weighted by atomic mass is 10.3. The van der Waals surface area contributed by atoms with E-state index in [1.54, 1.807) is 10.6 Å². The van der Waals surface area contributed by atoms with Crippen LogP contribution in [0.15, 0.2) is 35.4 Å². The van der Waals surface area contributed by atoms with Crippen molar-refractivity contribution in [2.45, 2.75) is 37.7 Å². The van der Waals surface area contributed by atoms with Crippen molar-refractivity contribution >= 4 is 27.0 Å². The second-order valence-corrected chi connectivity index (χ2v) is 8.92. The van der Waals surface area contributed by atoms with E-state index in [0.717, 1.165) is 21.3 Å². The summed E-state index contributed by atoms with van der Waals surface area (Å²) in [5, 5.41) is 3.30. The van der Waals surface area contributed by atoms with Gasteiger partial charge in [-0.2, -0.15) is 18.3 Å². The predicted octanol–water partition coefficient (Wildman–Crippen LogP) is 2.27. The zero-order chi connectivity index (χ0) is 23.0. The molecule has 0 aliphatic carbocycles. The number of sulfonamides is 1. The van der Waals surface area contributed by atoms with Crippen molar-refractivity contribution in [1.82, 2.24) is 23.6 Å². The number of benzene rings is 1. The average Bonchev–Trinajstić information content (AvgIpc) is 3.29. The molecule has 0 spiro atoms. The summed E-state index contributed by atoms with van der Waals surface area (Å²) < 4.78 is 71.3. The van der Waals surface area contributed by atoms with Crippen molar-refractivity contribution in [2.24, 2.45) is 0 Å². The Balaban J connectivity index is 1.76. The molecule has 2 aromatic heterocycles. The fourth-order valence-corrected chi connectivity index (χ4v) is 3.84. The molecule has 0 bridgehead atoms. The summed E-state index contributed by atoms with van der Waals surface area (Å²) in [5.74, 6) is -0.413. The first-order valence-electron chi connectivity index (χ1n) is 9.11. The molecule has 0 fully saturated rings. The monoisotopic (exact) mass is 459 g/mol. The van der Waals surface area contributed by atoms with E-state index in [4.69, 9.17) is 4.74 Å². The Bertz CT molecular complexity index is 1210. The van der Waals surface area contributed by atoms with Gasteiger partial charge < -0.3 is 9.30 Å². The van der Waals surface area contributed by atoms with Crippen molar-refractivity contribution in [3.63, 3.8) is 0 Å². The Kier molecular flexibility index (Phi) is 6.09. The SMILES string of the molecule is CCn1c(COC(=O)Cn2ccc(C(F)(F)F)n2)nc2cc(S(=O)(=O)N(C)C)ccc21. The van der Waals surface area contributed by atoms with Gasteiger partial charge in [-0.1, -0.05) is 0 Å². The molecule has 0 radical (unpaired) electrons. The lowest BCUT2D eigenvalue weighted by Crippen LogP contribution is -2.22. The Morgan fingerprint density at radius 2 is 1.94 bits per heavy atom. The zero-order valence-corrected chi connectivity index (χ0v) is 17.7. The van der Waals surface area contributed by atoms with Crippen LogP contribution in [0.3, 0.4) is 0 Å². The van der Waals surface area contributed by atoms with Crippen LogP contribution in [-0.4, -0.2) is 52.1 Å². The molecular weight excluding hydrogens is 439 g/mol. The molecular formula is C18H20F3N5O4S. The molecule has 0 unspecified atom stereocenters. The summed E-state index contributed by atoms with van der Waals surface area (Å²) in [6.45, 7) is 1.61. The van der Waals surface area contributed by atoms with Gasteiger partial charge in [0.1, 0.15) is 19.0 Å². The topological polar surface area (TPSA) is 99.3 Å². The molecule has 0 aliphatic heterocycles. The van der Waals surface area contributed by atoms with E-state index in [1.807, 2.05) is 6.92 Å². The number of hydrogen-bond acceptors (Lipinski definition) is 6. The molecule has 168 valence electrons. The first-order chi connectivity index (χ1) is 14.4. The van der Waals surface area contributed by atoms with E-state index in [9.17, 15) is 26.4 Å². The minimum absolute atomic E-state index is 0.0773. The number of esters is 1.